The largest absolute Gasteiger partial charge is 0.375 e. The third-order valence-corrected chi connectivity index (χ3v) is 6.21. The molecule has 3 heteroatoms. The molecule has 0 unspecified atom stereocenters. The number of hydrogen-bond acceptors (Lipinski definition) is 3. The summed E-state index contributed by atoms with van der Waals surface area (Å²) < 4.78 is 0. The summed E-state index contributed by atoms with van der Waals surface area (Å²) in [6, 6.07) is 0. The molecule has 0 amide bonds. The summed E-state index contributed by atoms with van der Waals surface area (Å²) in [6.45, 7) is 2.20. The first-order valence-corrected chi connectivity index (χ1v) is 7.75. The van der Waals surface area contributed by atoms with Gasteiger partial charge in [-0.25, -0.2) is 4.98 Å². The third kappa shape index (κ3) is 1.48. The van der Waals surface area contributed by atoms with Gasteiger partial charge in [-0.15, -0.1) is 11.3 Å². The Morgan fingerprint density at radius 2 is 1.65 bits per heavy atom. The maximum Gasteiger partial charge on any atom is 0.180 e. The van der Waals surface area contributed by atoms with Crippen LogP contribution in [0.1, 0.15) is 48.6 Å². The SMILES string of the molecule is Cc1sc(N)nc1C1C2CC3CC(C2)CC1C3. The van der Waals surface area contributed by atoms with Crippen LogP contribution in [-0.4, -0.2) is 4.98 Å². The Morgan fingerprint density at radius 3 is 2.12 bits per heavy atom. The number of aryl methyl sites for hydroxylation is 1. The van der Waals surface area contributed by atoms with Gasteiger partial charge in [0.1, 0.15) is 0 Å². The predicted octanol–water partition coefficient (Wildman–Crippen LogP) is 3.57. The van der Waals surface area contributed by atoms with Crippen LogP contribution in [0.4, 0.5) is 5.13 Å². The van der Waals surface area contributed by atoms with E-state index in [4.69, 9.17) is 5.73 Å². The lowest BCUT2D eigenvalue weighted by Gasteiger charge is -2.54. The van der Waals surface area contributed by atoms with Crippen LogP contribution in [0.2, 0.25) is 0 Å². The standard InChI is InChI=1S/C14H20N2S/c1-7-13(16-14(15)17-7)12-10-3-8-2-9(5-10)6-11(12)4-8/h8-12H,2-6H2,1H3,(H2,15,16). The van der Waals surface area contributed by atoms with Crippen molar-refractivity contribution in [3.8, 4) is 0 Å². The number of nitrogens with two attached hydrogens (primary N) is 1. The summed E-state index contributed by atoms with van der Waals surface area (Å²) in [4.78, 5) is 6.03. The van der Waals surface area contributed by atoms with Crippen molar-refractivity contribution in [3.05, 3.63) is 10.6 Å². The lowest BCUT2D eigenvalue weighted by atomic mass is 9.51. The molecule has 0 aromatic carbocycles. The molecular weight excluding hydrogens is 228 g/mol. The Bertz CT molecular complexity index is 423. The summed E-state index contributed by atoms with van der Waals surface area (Å²) in [7, 11) is 0. The number of aromatic nitrogens is 1. The Kier molecular flexibility index (Phi) is 2.11. The van der Waals surface area contributed by atoms with Gasteiger partial charge >= 0.3 is 0 Å². The Labute approximate surface area is 107 Å². The van der Waals surface area contributed by atoms with Crippen LogP contribution in [0.3, 0.4) is 0 Å². The summed E-state index contributed by atoms with van der Waals surface area (Å²) in [5.41, 5.74) is 7.24. The van der Waals surface area contributed by atoms with E-state index in [0.717, 1.165) is 34.7 Å². The average Bonchev–Trinajstić information content (AvgIpc) is 2.56. The molecule has 4 fully saturated rings. The summed E-state index contributed by atoms with van der Waals surface area (Å²) in [6.07, 6.45) is 7.39. The molecule has 17 heavy (non-hydrogen) atoms. The van der Waals surface area contributed by atoms with Gasteiger partial charge in [-0.05, 0) is 62.7 Å². The van der Waals surface area contributed by atoms with E-state index in [1.54, 1.807) is 11.3 Å². The monoisotopic (exact) mass is 248 g/mol. The number of thiazole rings is 1. The summed E-state index contributed by atoms with van der Waals surface area (Å²) in [5.74, 6) is 4.68. The van der Waals surface area contributed by atoms with Crippen molar-refractivity contribution in [2.75, 3.05) is 5.73 Å². The lowest BCUT2D eigenvalue weighted by molar-refractivity contribution is -0.00412. The number of anilines is 1. The molecule has 4 saturated carbocycles. The molecule has 4 bridgehead atoms. The first kappa shape index (κ1) is 10.4. The number of hydrogen-bond donors (Lipinski definition) is 1. The van der Waals surface area contributed by atoms with Crippen molar-refractivity contribution in [1.29, 1.82) is 0 Å². The molecule has 0 atom stereocenters. The van der Waals surface area contributed by atoms with Crippen molar-refractivity contribution < 1.29 is 0 Å². The number of nitrogen functional groups attached to an aromatic ring is 1. The van der Waals surface area contributed by atoms with Crippen molar-refractivity contribution in [2.24, 2.45) is 23.7 Å². The van der Waals surface area contributed by atoms with Crippen LogP contribution in [0.5, 0.6) is 0 Å². The minimum Gasteiger partial charge on any atom is -0.375 e. The Morgan fingerprint density at radius 1 is 1.06 bits per heavy atom. The smallest absolute Gasteiger partial charge is 0.180 e. The van der Waals surface area contributed by atoms with E-state index < -0.39 is 0 Å². The molecule has 0 saturated heterocycles. The fourth-order valence-electron chi connectivity index (χ4n) is 5.11. The fraction of sp³-hybridized carbons (Fsp3) is 0.786. The highest BCUT2D eigenvalue weighted by Gasteiger charge is 2.49. The van der Waals surface area contributed by atoms with Crippen LogP contribution >= 0.6 is 11.3 Å². The minimum atomic E-state index is 0.747. The van der Waals surface area contributed by atoms with E-state index in [1.807, 2.05) is 0 Å². The van der Waals surface area contributed by atoms with Gasteiger partial charge in [0.05, 0.1) is 5.69 Å². The zero-order valence-electron chi connectivity index (χ0n) is 10.4. The van der Waals surface area contributed by atoms with Gasteiger partial charge in [0.15, 0.2) is 5.13 Å². The zero-order chi connectivity index (χ0) is 11.6. The topological polar surface area (TPSA) is 38.9 Å². The van der Waals surface area contributed by atoms with Gasteiger partial charge in [-0.3, -0.25) is 0 Å². The van der Waals surface area contributed by atoms with E-state index in [1.165, 1.54) is 42.7 Å². The number of rotatable bonds is 1. The first-order valence-electron chi connectivity index (χ1n) is 6.93. The highest BCUT2D eigenvalue weighted by Crippen LogP contribution is 2.60. The van der Waals surface area contributed by atoms with Crippen LogP contribution in [0.25, 0.3) is 0 Å². The molecule has 92 valence electrons. The van der Waals surface area contributed by atoms with Crippen LogP contribution < -0.4 is 5.73 Å². The van der Waals surface area contributed by atoms with Crippen LogP contribution in [0, 0.1) is 30.6 Å². The number of nitrogens with zero attached hydrogens (tertiary/aromatic N) is 1. The van der Waals surface area contributed by atoms with Crippen molar-refractivity contribution in [2.45, 2.75) is 44.9 Å². The molecule has 4 aliphatic rings. The van der Waals surface area contributed by atoms with E-state index in [0.29, 0.717) is 0 Å². The summed E-state index contributed by atoms with van der Waals surface area (Å²) in [5, 5.41) is 0.770. The molecule has 0 spiro atoms. The van der Waals surface area contributed by atoms with E-state index >= 15 is 0 Å². The molecule has 2 N–H and O–H groups in total. The molecule has 5 rings (SSSR count). The van der Waals surface area contributed by atoms with Crippen molar-refractivity contribution in [3.63, 3.8) is 0 Å². The quantitative estimate of drug-likeness (QED) is 0.825. The maximum absolute atomic E-state index is 5.88. The second-order valence-corrected chi connectivity index (χ2v) is 7.68. The lowest BCUT2D eigenvalue weighted by Crippen LogP contribution is -2.44. The molecule has 2 nitrogen and oxygen atoms in total. The van der Waals surface area contributed by atoms with Gasteiger partial charge < -0.3 is 5.73 Å². The van der Waals surface area contributed by atoms with Crippen molar-refractivity contribution in [1.82, 2.24) is 4.98 Å². The highest BCUT2D eigenvalue weighted by molar-refractivity contribution is 7.15. The molecular formula is C14H20N2S. The van der Waals surface area contributed by atoms with Gasteiger partial charge in [0.2, 0.25) is 0 Å². The predicted molar refractivity (Wildman–Crippen MR) is 71.0 cm³/mol. The maximum atomic E-state index is 5.88. The Balaban J connectivity index is 1.72. The summed E-state index contributed by atoms with van der Waals surface area (Å²) >= 11 is 1.68. The third-order valence-electron chi connectivity index (χ3n) is 5.39. The minimum absolute atomic E-state index is 0.747. The highest BCUT2D eigenvalue weighted by atomic mass is 32.1. The van der Waals surface area contributed by atoms with Gasteiger partial charge in [0, 0.05) is 10.8 Å². The fourth-order valence-corrected chi connectivity index (χ4v) is 5.85. The zero-order valence-corrected chi connectivity index (χ0v) is 11.2. The van der Waals surface area contributed by atoms with E-state index in [-0.39, 0.29) is 0 Å². The van der Waals surface area contributed by atoms with Crippen LogP contribution in [-0.2, 0) is 0 Å². The normalized spacial score (nSPS) is 43.2. The van der Waals surface area contributed by atoms with E-state index in [2.05, 4.69) is 11.9 Å². The van der Waals surface area contributed by atoms with Gasteiger partial charge in [-0.2, -0.15) is 0 Å². The molecule has 0 aliphatic heterocycles. The second-order valence-electron chi connectivity index (χ2n) is 6.45. The van der Waals surface area contributed by atoms with E-state index in [9.17, 15) is 0 Å². The molecule has 0 radical (unpaired) electrons. The second kappa shape index (κ2) is 3.47. The molecule has 1 aromatic heterocycles. The molecule has 1 aromatic rings. The Hall–Kier alpha value is -0.570. The van der Waals surface area contributed by atoms with Crippen molar-refractivity contribution >= 4 is 16.5 Å². The van der Waals surface area contributed by atoms with Crippen LogP contribution in [0.15, 0.2) is 0 Å². The average molecular weight is 248 g/mol. The molecule has 1 heterocycles. The van der Waals surface area contributed by atoms with Gasteiger partial charge in [-0.1, -0.05) is 0 Å². The first-order chi connectivity index (χ1) is 8.20. The molecule has 4 aliphatic carbocycles. The van der Waals surface area contributed by atoms with Gasteiger partial charge in [0.25, 0.3) is 0 Å².